The summed E-state index contributed by atoms with van der Waals surface area (Å²) in [4.78, 5) is 0. The second kappa shape index (κ2) is 9.33. The molecule has 0 atom stereocenters. The number of nitrogens with two attached hydrogens (primary N) is 1. The number of halogens is 17. The number of hydrogen-bond donors (Lipinski definition) is 3. The molecule has 34 heavy (non-hydrogen) atoms. The first-order chi connectivity index (χ1) is 14.5. The van der Waals surface area contributed by atoms with Gasteiger partial charge < -0.3 is 5.73 Å². The van der Waals surface area contributed by atoms with Crippen molar-refractivity contribution in [1.29, 1.82) is 5.41 Å². The molecule has 4 N–H and O–H groups in total. The van der Waals surface area contributed by atoms with Crippen molar-refractivity contribution in [2.45, 2.75) is 53.9 Å². The Labute approximate surface area is 177 Å². The molecule has 0 saturated heterocycles. The van der Waals surface area contributed by atoms with Gasteiger partial charge in [0.25, 0.3) is 10.0 Å². The minimum Gasteiger partial charge on any atom is -0.390 e. The summed E-state index contributed by atoms with van der Waals surface area (Å²) in [6, 6.07) is 0. The van der Waals surface area contributed by atoms with Crippen LogP contribution in [0.4, 0.5) is 74.6 Å². The Bertz CT molecular complexity index is 821. The van der Waals surface area contributed by atoms with E-state index in [-0.39, 0.29) is 0 Å². The van der Waals surface area contributed by atoms with Crippen LogP contribution in [-0.4, -0.2) is 68.3 Å². The second-order valence-corrected chi connectivity index (χ2v) is 7.44. The highest BCUT2D eigenvalue weighted by atomic mass is 32.2. The normalized spacial score (nSPS) is 15.5. The first kappa shape index (κ1) is 34.4. The molecule has 0 aromatic heterocycles. The van der Waals surface area contributed by atoms with Gasteiger partial charge in [0.05, 0.1) is 6.34 Å². The third-order valence-electron chi connectivity index (χ3n) is 3.37. The number of hydrogen-bond acceptors (Lipinski definition) is 3. The van der Waals surface area contributed by atoms with E-state index in [1.165, 1.54) is 0 Å². The molecule has 0 heterocycles. The van der Waals surface area contributed by atoms with Gasteiger partial charge in [-0.25, -0.2) is 13.1 Å². The van der Waals surface area contributed by atoms with E-state index < -0.39 is 63.5 Å². The Morgan fingerprint density at radius 1 is 0.647 bits per heavy atom. The molecule has 5 nitrogen and oxygen atoms in total. The van der Waals surface area contributed by atoms with Gasteiger partial charge in [-0.2, -0.15) is 74.6 Å². The van der Waals surface area contributed by atoms with Crippen LogP contribution in [0.3, 0.4) is 0 Å². The lowest BCUT2D eigenvalue weighted by Crippen LogP contribution is -2.75. The van der Waals surface area contributed by atoms with Crippen LogP contribution >= 0.6 is 0 Å². The van der Waals surface area contributed by atoms with E-state index in [1.807, 2.05) is 0 Å². The maximum atomic E-state index is 13.4. The molecule has 0 unspecified atom stereocenters. The summed E-state index contributed by atoms with van der Waals surface area (Å²) in [6.45, 7) is -0.811. The Kier molecular flexibility index (Phi) is 9.43. The first-order valence-electron chi connectivity index (χ1n) is 7.39. The fourth-order valence-electron chi connectivity index (χ4n) is 1.60. The van der Waals surface area contributed by atoms with E-state index in [9.17, 15) is 83.1 Å². The Morgan fingerprint density at radius 3 is 1.12 bits per heavy atom. The fraction of sp³-hybridized carbons (Fsp3) is 0.909. The molecule has 0 aromatic rings. The van der Waals surface area contributed by atoms with Gasteiger partial charge in [0, 0.05) is 6.54 Å². The van der Waals surface area contributed by atoms with Gasteiger partial charge in [-0.3, -0.25) is 5.41 Å². The zero-order valence-electron chi connectivity index (χ0n) is 15.5. The van der Waals surface area contributed by atoms with Gasteiger partial charge in [-0.15, -0.1) is 0 Å². The summed E-state index contributed by atoms with van der Waals surface area (Å²) >= 11 is 0. The summed E-state index contributed by atoms with van der Waals surface area (Å²) in [5, 5.41) is -1.64. The van der Waals surface area contributed by atoms with Crippen molar-refractivity contribution in [2.24, 2.45) is 5.73 Å². The molecule has 0 aliphatic carbocycles. The molecule has 23 heteroatoms. The van der Waals surface area contributed by atoms with Crippen molar-refractivity contribution in [3.05, 3.63) is 0 Å². The fourth-order valence-corrected chi connectivity index (χ4v) is 2.63. The van der Waals surface area contributed by atoms with Crippen molar-refractivity contribution >= 4 is 16.4 Å². The third-order valence-corrected chi connectivity index (χ3v) is 4.97. The molecule has 0 spiro atoms. The van der Waals surface area contributed by atoms with Crippen LogP contribution in [-0.2, 0) is 10.0 Å². The average molecular weight is 571 g/mol. The van der Waals surface area contributed by atoms with Gasteiger partial charge >= 0.3 is 47.0 Å². The van der Waals surface area contributed by atoms with Gasteiger partial charge in [-0.05, 0) is 0 Å². The average Bonchev–Trinajstić information content (AvgIpc) is 2.60. The summed E-state index contributed by atoms with van der Waals surface area (Å²) in [5.74, 6) is -51.4. The number of nitrogens with one attached hydrogen (secondary N) is 2. The smallest absolute Gasteiger partial charge is 0.390 e. The highest BCUT2D eigenvalue weighted by molar-refractivity contribution is 7.90. The zero-order chi connectivity index (χ0) is 28.6. The van der Waals surface area contributed by atoms with Crippen LogP contribution in [0.25, 0.3) is 0 Å². The topological polar surface area (TPSA) is 96.0 Å². The Morgan fingerprint density at radius 2 is 0.882 bits per heavy atom. The SMILES string of the molecule is CCNS(=O)(=O)C(F)(F)C(F)(F)C(F)(F)C(F)(F)C(F)(F)C(F)(F)C(F)(F)C(F)(F)F.N=CN. The minimum absolute atomic E-state index is 0.365. The molecule has 0 fully saturated rings. The van der Waals surface area contributed by atoms with Crippen LogP contribution in [0.15, 0.2) is 0 Å². The summed E-state index contributed by atoms with van der Waals surface area (Å²) in [6.07, 6.45) is -7.11. The molecule has 0 aromatic carbocycles. The van der Waals surface area contributed by atoms with E-state index in [0.29, 0.717) is 11.6 Å². The van der Waals surface area contributed by atoms with Crippen molar-refractivity contribution in [3.63, 3.8) is 0 Å². The second-order valence-electron chi connectivity index (χ2n) is 5.63. The van der Waals surface area contributed by atoms with E-state index in [0.717, 1.165) is 6.34 Å². The molecule has 206 valence electrons. The minimum atomic E-state index is -8.81. The standard InChI is InChI=1S/C10H6F17NO2S.CH4N2/c1-2-28-31(29,30)10(26,27)8(21,22)6(17,18)4(13,14)3(11,12)5(15,16)7(19,20)9(23,24)25;2-1-3/h28H,2H2,1H3;1H,(H3,2,3). The summed E-state index contributed by atoms with van der Waals surface area (Å²) in [5.41, 5.74) is 4.39. The molecule has 0 rings (SSSR count). The lowest BCUT2D eigenvalue weighted by molar-refractivity contribution is -0.458. The van der Waals surface area contributed by atoms with Gasteiger partial charge in [0.2, 0.25) is 0 Å². The number of sulfonamides is 1. The predicted octanol–water partition coefficient (Wildman–Crippen LogP) is 4.44. The van der Waals surface area contributed by atoms with Crippen LogP contribution in [0.5, 0.6) is 0 Å². The van der Waals surface area contributed by atoms with Crippen molar-refractivity contribution in [3.8, 4) is 0 Å². The molecule has 0 aliphatic heterocycles. The van der Waals surface area contributed by atoms with Crippen LogP contribution in [0, 0.1) is 5.41 Å². The van der Waals surface area contributed by atoms with E-state index in [1.54, 1.807) is 0 Å². The van der Waals surface area contributed by atoms with Crippen molar-refractivity contribution < 1.29 is 83.1 Å². The lowest BCUT2D eigenvalue weighted by atomic mass is 9.91. The molecule has 0 radical (unpaired) electrons. The third kappa shape index (κ3) is 4.67. The maximum absolute atomic E-state index is 13.4. The van der Waals surface area contributed by atoms with Crippen LogP contribution < -0.4 is 10.5 Å². The van der Waals surface area contributed by atoms with Gasteiger partial charge in [0.1, 0.15) is 0 Å². The first-order valence-corrected chi connectivity index (χ1v) is 8.87. The molecule has 0 bridgehead atoms. The molecular formula is C11H10F17N3O2S. The van der Waals surface area contributed by atoms with Crippen molar-refractivity contribution in [2.75, 3.05) is 6.54 Å². The maximum Gasteiger partial charge on any atom is 0.460 e. The number of alkyl halides is 17. The highest BCUT2D eigenvalue weighted by Gasteiger charge is 2.96. The van der Waals surface area contributed by atoms with Crippen LogP contribution in [0.2, 0.25) is 0 Å². The lowest BCUT2D eigenvalue weighted by Gasteiger charge is -2.42. The predicted molar refractivity (Wildman–Crippen MR) is 76.3 cm³/mol. The summed E-state index contributed by atoms with van der Waals surface area (Å²) < 4.78 is 242. The largest absolute Gasteiger partial charge is 0.460 e. The highest BCUT2D eigenvalue weighted by Crippen LogP contribution is 2.64. The Hall–Kier alpha value is -1.81. The number of rotatable bonds is 9. The van der Waals surface area contributed by atoms with E-state index in [4.69, 9.17) is 5.41 Å². The molecule has 0 saturated carbocycles. The van der Waals surface area contributed by atoms with Crippen LogP contribution in [0.1, 0.15) is 6.92 Å². The van der Waals surface area contributed by atoms with E-state index >= 15 is 0 Å². The molecule has 0 amide bonds. The summed E-state index contributed by atoms with van der Waals surface area (Å²) in [7, 11) is -7.15. The monoisotopic (exact) mass is 571 g/mol. The van der Waals surface area contributed by atoms with Gasteiger partial charge in [-0.1, -0.05) is 6.92 Å². The zero-order valence-corrected chi connectivity index (χ0v) is 16.3. The quantitative estimate of drug-likeness (QED) is 0.217. The Balaban J connectivity index is 0. The van der Waals surface area contributed by atoms with Gasteiger partial charge in [0.15, 0.2) is 0 Å². The van der Waals surface area contributed by atoms with Crippen molar-refractivity contribution in [1.82, 2.24) is 4.72 Å². The van der Waals surface area contributed by atoms with E-state index in [2.05, 4.69) is 5.73 Å². The molecular weight excluding hydrogens is 561 g/mol. The molecule has 0 aliphatic rings.